The van der Waals surface area contributed by atoms with Crippen molar-refractivity contribution in [2.75, 3.05) is 18.4 Å². The van der Waals surface area contributed by atoms with Gasteiger partial charge in [-0.3, -0.25) is 0 Å². The molecule has 0 atom stereocenters. The third kappa shape index (κ3) is 4.22. The highest BCUT2D eigenvalue weighted by molar-refractivity contribution is 6.33. The first-order chi connectivity index (χ1) is 9.15. The normalized spacial score (nSPS) is 16.7. The highest BCUT2D eigenvalue weighted by Gasteiger charge is 2.14. The van der Waals surface area contributed by atoms with Crippen LogP contribution in [0.5, 0.6) is 0 Å². The van der Waals surface area contributed by atoms with Crippen LogP contribution in [0.15, 0.2) is 18.3 Å². The molecule has 1 aliphatic heterocycles. The molecule has 0 radical (unpaired) electrons. The zero-order valence-corrected chi connectivity index (χ0v) is 11.2. The molecule has 1 saturated heterocycles. The Morgan fingerprint density at radius 1 is 1.53 bits per heavy atom. The zero-order valence-electron chi connectivity index (χ0n) is 10.4. The lowest BCUT2D eigenvalue weighted by Crippen LogP contribution is -2.35. The first-order valence-electron chi connectivity index (χ1n) is 6.19. The van der Waals surface area contributed by atoms with E-state index in [9.17, 15) is 4.79 Å². The molecule has 0 aromatic carbocycles. The van der Waals surface area contributed by atoms with Crippen LogP contribution in [0.3, 0.4) is 0 Å². The summed E-state index contributed by atoms with van der Waals surface area (Å²) in [5, 5.41) is 15.7. The fourth-order valence-electron chi connectivity index (χ4n) is 1.98. The van der Waals surface area contributed by atoms with Gasteiger partial charge in [0.25, 0.3) is 0 Å². The maximum Gasteiger partial charge on any atom is 0.328 e. The molecule has 0 aliphatic carbocycles. The topological polar surface area (TPSA) is 74.2 Å². The van der Waals surface area contributed by atoms with Gasteiger partial charge in [0.05, 0.1) is 5.02 Å². The van der Waals surface area contributed by atoms with E-state index >= 15 is 0 Å². The van der Waals surface area contributed by atoms with Crippen molar-refractivity contribution in [3.05, 3.63) is 28.9 Å². The minimum Gasteiger partial charge on any atom is -0.478 e. The smallest absolute Gasteiger partial charge is 0.328 e. The Balaban J connectivity index is 2.04. The quantitative estimate of drug-likeness (QED) is 0.736. The van der Waals surface area contributed by atoms with Gasteiger partial charge < -0.3 is 15.7 Å². The number of nitrogens with zero attached hydrogens (tertiary/aromatic N) is 1. The van der Waals surface area contributed by atoms with E-state index in [1.165, 1.54) is 6.08 Å². The van der Waals surface area contributed by atoms with Crippen LogP contribution in [0.1, 0.15) is 18.4 Å². The van der Waals surface area contributed by atoms with Crippen LogP contribution in [0.25, 0.3) is 6.08 Å². The second kappa shape index (κ2) is 6.54. The van der Waals surface area contributed by atoms with Gasteiger partial charge in [-0.1, -0.05) is 11.6 Å². The molecule has 102 valence electrons. The van der Waals surface area contributed by atoms with E-state index in [-0.39, 0.29) is 0 Å². The van der Waals surface area contributed by atoms with Crippen LogP contribution in [-0.4, -0.2) is 35.2 Å². The Kier molecular flexibility index (Phi) is 4.76. The number of carboxylic acids is 1. The van der Waals surface area contributed by atoms with Gasteiger partial charge in [0.2, 0.25) is 0 Å². The van der Waals surface area contributed by atoms with Crippen LogP contribution >= 0.6 is 11.6 Å². The SMILES string of the molecule is O=C(O)/C=C/c1cnc(NC2CCNCC2)c(Cl)c1. The molecule has 1 aromatic heterocycles. The summed E-state index contributed by atoms with van der Waals surface area (Å²) in [5.41, 5.74) is 0.670. The summed E-state index contributed by atoms with van der Waals surface area (Å²) in [6.07, 6.45) is 6.22. The molecule has 1 aromatic rings. The highest BCUT2D eigenvalue weighted by atomic mass is 35.5. The van der Waals surface area contributed by atoms with Crippen molar-refractivity contribution in [1.29, 1.82) is 0 Å². The molecule has 5 nitrogen and oxygen atoms in total. The van der Waals surface area contributed by atoms with Gasteiger partial charge in [0, 0.05) is 18.3 Å². The number of nitrogens with one attached hydrogen (secondary N) is 2. The monoisotopic (exact) mass is 281 g/mol. The van der Waals surface area contributed by atoms with Gasteiger partial charge in [-0.05, 0) is 43.6 Å². The lowest BCUT2D eigenvalue weighted by atomic mass is 10.1. The lowest BCUT2D eigenvalue weighted by molar-refractivity contribution is -0.131. The minimum atomic E-state index is -0.993. The number of piperidine rings is 1. The number of hydrogen-bond acceptors (Lipinski definition) is 4. The minimum absolute atomic E-state index is 0.381. The van der Waals surface area contributed by atoms with Gasteiger partial charge in [-0.2, -0.15) is 0 Å². The third-order valence-electron chi connectivity index (χ3n) is 2.96. The Morgan fingerprint density at radius 2 is 2.26 bits per heavy atom. The number of aliphatic carboxylic acids is 1. The van der Waals surface area contributed by atoms with E-state index in [1.54, 1.807) is 12.3 Å². The number of hydrogen-bond donors (Lipinski definition) is 3. The number of pyridine rings is 1. The Bertz CT molecular complexity index is 485. The summed E-state index contributed by atoms with van der Waals surface area (Å²) in [7, 11) is 0. The number of carbonyl (C=O) groups is 1. The van der Waals surface area contributed by atoms with Gasteiger partial charge in [-0.25, -0.2) is 9.78 Å². The fourth-order valence-corrected chi connectivity index (χ4v) is 2.21. The molecule has 1 aliphatic rings. The van der Waals surface area contributed by atoms with Crippen molar-refractivity contribution in [1.82, 2.24) is 10.3 Å². The number of halogens is 1. The van der Waals surface area contributed by atoms with Crippen molar-refractivity contribution < 1.29 is 9.90 Å². The molecule has 2 rings (SSSR count). The molecule has 2 heterocycles. The van der Waals surface area contributed by atoms with Crippen LogP contribution in [0.4, 0.5) is 5.82 Å². The molecule has 0 saturated carbocycles. The fraction of sp³-hybridized carbons (Fsp3) is 0.385. The van der Waals surface area contributed by atoms with E-state index in [4.69, 9.17) is 16.7 Å². The Morgan fingerprint density at radius 3 is 2.89 bits per heavy atom. The number of rotatable bonds is 4. The Labute approximate surface area is 116 Å². The molecule has 1 fully saturated rings. The van der Waals surface area contributed by atoms with Crippen LogP contribution in [0, 0.1) is 0 Å². The van der Waals surface area contributed by atoms with Crippen molar-refractivity contribution in [2.24, 2.45) is 0 Å². The number of aromatic nitrogens is 1. The van der Waals surface area contributed by atoms with Crippen molar-refractivity contribution in [3.8, 4) is 0 Å². The third-order valence-corrected chi connectivity index (χ3v) is 3.25. The molecular formula is C13H16ClN3O2. The average molecular weight is 282 g/mol. The van der Waals surface area contributed by atoms with Crippen LogP contribution in [-0.2, 0) is 4.79 Å². The predicted octanol–water partition coefficient (Wildman–Crippen LogP) is 2.00. The van der Waals surface area contributed by atoms with Gasteiger partial charge in [-0.15, -0.1) is 0 Å². The summed E-state index contributed by atoms with van der Waals surface area (Å²) in [4.78, 5) is 14.7. The van der Waals surface area contributed by atoms with Gasteiger partial charge in [0.1, 0.15) is 5.82 Å². The standard InChI is InChI=1S/C13H16ClN3O2/c14-11-7-9(1-2-12(18)19)8-16-13(11)17-10-3-5-15-6-4-10/h1-2,7-8,10,15H,3-6H2,(H,16,17)(H,18,19)/b2-1+. The van der Waals surface area contributed by atoms with Crippen molar-refractivity contribution >= 4 is 29.5 Å². The van der Waals surface area contributed by atoms with E-state index in [1.807, 2.05) is 0 Å². The second-order valence-corrected chi connectivity index (χ2v) is 4.85. The molecule has 0 spiro atoms. The number of carboxylic acid groups (broad SMARTS) is 1. The summed E-state index contributed by atoms with van der Waals surface area (Å²) in [5.74, 6) is -0.339. The van der Waals surface area contributed by atoms with E-state index in [0.29, 0.717) is 22.4 Å². The second-order valence-electron chi connectivity index (χ2n) is 4.44. The highest BCUT2D eigenvalue weighted by Crippen LogP contribution is 2.22. The van der Waals surface area contributed by atoms with E-state index in [0.717, 1.165) is 32.0 Å². The van der Waals surface area contributed by atoms with Crippen molar-refractivity contribution in [2.45, 2.75) is 18.9 Å². The molecule has 0 unspecified atom stereocenters. The molecule has 19 heavy (non-hydrogen) atoms. The van der Waals surface area contributed by atoms with Crippen LogP contribution < -0.4 is 10.6 Å². The molecule has 6 heteroatoms. The Hall–Kier alpha value is -1.59. The maximum atomic E-state index is 10.4. The summed E-state index contributed by atoms with van der Waals surface area (Å²) in [6.45, 7) is 1.99. The van der Waals surface area contributed by atoms with Crippen molar-refractivity contribution in [3.63, 3.8) is 0 Å². The largest absolute Gasteiger partial charge is 0.478 e. The summed E-state index contributed by atoms with van der Waals surface area (Å²) >= 11 is 6.14. The first-order valence-corrected chi connectivity index (χ1v) is 6.57. The van der Waals surface area contributed by atoms with E-state index < -0.39 is 5.97 Å². The molecular weight excluding hydrogens is 266 g/mol. The molecule has 0 bridgehead atoms. The predicted molar refractivity (Wildman–Crippen MR) is 75.4 cm³/mol. The maximum absolute atomic E-state index is 10.4. The summed E-state index contributed by atoms with van der Waals surface area (Å²) in [6, 6.07) is 2.09. The van der Waals surface area contributed by atoms with Gasteiger partial charge in [0.15, 0.2) is 0 Å². The number of anilines is 1. The van der Waals surface area contributed by atoms with Crippen LogP contribution in [0.2, 0.25) is 5.02 Å². The summed E-state index contributed by atoms with van der Waals surface area (Å²) < 4.78 is 0. The lowest BCUT2D eigenvalue weighted by Gasteiger charge is -2.24. The molecule has 0 amide bonds. The first kappa shape index (κ1) is 13.8. The molecule has 3 N–H and O–H groups in total. The average Bonchev–Trinajstić information content (AvgIpc) is 2.40. The van der Waals surface area contributed by atoms with E-state index in [2.05, 4.69) is 15.6 Å². The zero-order chi connectivity index (χ0) is 13.7. The van der Waals surface area contributed by atoms with Gasteiger partial charge >= 0.3 is 5.97 Å².